The number of halogens is 2. The number of carbonyl (C=O) groups excluding carboxylic acids is 2. The Morgan fingerprint density at radius 2 is 2.03 bits per heavy atom. The van der Waals surface area contributed by atoms with Gasteiger partial charge in [-0.1, -0.05) is 0 Å². The lowest BCUT2D eigenvalue weighted by Gasteiger charge is -2.09. The minimum Gasteiger partial charge on any atom is -0.468 e. The zero-order valence-electron chi connectivity index (χ0n) is 15.5. The van der Waals surface area contributed by atoms with Gasteiger partial charge in [-0.2, -0.15) is 0 Å². The average Bonchev–Trinajstić information content (AvgIpc) is 3.09. The summed E-state index contributed by atoms with van der Waals surface area (Å²) < 4.78 is 34.2. The number of nitrogens with one attached hydrogen (secondary N) is 2. The molecule has 1 aromatic carbocycles. The monoisotopic (exact) mass is 403 g/mol. The predicted molar refractivity (Wildman–Crippen MR) is 102 cm³/mol. The van der Waals surface area contributed by atoms with Crippen LogP contribution < -0.4 is 16.4 Å². The van der Waals surface area contributed by atoms with E-state index in [1.807, 2.05) is 0 Å². The van der Waals surface area contributed by atoms with Crippen LogP contribution in [0.1, 0.15) is 10.4 Å². The number of hydrogen-bond acceptors (Lipinski definition) is 6. The Balaban J connectivity index is 2.10. The summed E-state index contributed by atoms with van der Waals surface area (Å²) in [6.45, 7) is 0.388. The smallest absolute Gasteiger partial charge is 0.325 e. The third-order valence-corrected chi connectivity index (χ3v) is 4.13. The third kappa shape index (κ3) is 4.32. The molecule has 0 saturated carbocycles. The highest BCUT2D eigenvalue weighted by molar-refractivity contribution is 5.95. The summed E-state index contributed by atoms with van der Waals surface area (Å²) >= 11 is 0. The van der Waals surface area contributed by atoms with Crippen LogP contribution in [-0.2, 0) is 9.53 Å². The number of hydrogen-bond donors (Lipinski definition) is 3. The fourth-order valence-corrected chi connectivity index (χ4v) is 2.74. The molecule has 4 N–H and O–H groups in total. The maximum atomic E-state index is 14.4. The van der Waals surface area contributed by atoms with Crippen molar-refractivity contribution in [3.8, 4) is 11.3 Å². The van der Waals surface area contributed by atoms with Gasteiger partial charge in [0.25, 0.3) is 5.91 Å². The molecule has 10 heteroatoms. The molecule has 3 aromatic rings. The van der Waals surface area contributed by atoms with E-state index in [1.165, 1.54) is 23.6 Å². The van der Waals surface area contributed by atoms with E-state index in [0.29, 0.717) is 24.3 Å². The number of esters is 1. The van der Waals surface area contributed by atoms with E-state index >= 15 is 0 Å². The molecule has 8 nitrogen and oxygen atoms in total. The van der Waals surface area contributed by atoms with Gasteiger partial charge in [-0.15, -0.1) is 0 Å². The fourth-order valence-electron chi connectivity index (χ4n) is 2.74. The second-order valence-electron chi connectivity index (χ2n) is 6.05. The summed E-state index contributed by atoms with van der Waals surface area (Å²) in [4.78, 5) is 28.1. The summed E-state index contributed by atoms with van der Waals surface area (Å²) in [5.74, 6) is -1.97. The molecule has 2 heterocycles. The molecule has 0 saturated heterocycles. The first-order valence-corrected chi connectivity index (χ1v) is 8.71. The van der Waals surface area contributed by atoms with Crippen LogP contribution in [0.3, 0.4) is 0 Å². The molecule has 0 fully saturated rings. The number of nitrogens with two attached hydrogens (primary N) is 1. The molecule has 29 heavy (non-hydrogen) atoms. The number of pyridine rings is 1. The number of ether oxygens (including phenoxy) is 1. The predicted octanol–water partition coefficient (Wildman–Crippen LogP) is 1.55. The zero-order chi connectivity index (χ0) is 21.0. The summed E-state index contributed by atoms with van der Waals surface area (Å²) in [7, 11) is 1.23. The number of rotatable bonds is 7. The van der Waals surface area contributed by atoms with E-state index < -0.39 is 17.6 Å². The minimum absolute atomic E-state index is 0.0878. The number of aromatic nitrogens is 2. The van der Waals surface area contributed by atoms with Crippen molar-refractivity contribution in [1.82, 2.24) is 14.7 Å². The van der Waals surface area contributed by atoms with Gasteiger partial charge in [0.05, 0.1) is 7.11 Å². The van der Waals surface area contributed by atoms with Crippen molar-refractivity contribution in [2.75, 3.05) is 32.1 Å². The molecule has 0 unspecified atom stereocenters. The topological polar surface area (TPSA) is 111 Å². The Kier molecular flexibility index (Phi) is 6.03. The Bertz CT molecular complexity index is 1070. The van der Waals surface area contributed by atoms with E-state index in [4.69, 9.17) is 5.73 Å². The normalized spacial score (nSPS) is 10.8. The zero-order valence-corrected chi connectivity index (χ0v) is 15.5. The lowest BCUT2D eigenvalue weighted by atomic mass is 10.1. The van der Waals surface area contributed by atoms with E-state index in [1.54, 1.807) is 6.20 Å². The maximum absolute atomic E-state index is 14.4. The van der Waals surface area contributed by atoms with Crippen LogP contribution in [0.25, 0.3) is 16.9 Å². The Hall–Kier alpha value is -3.53. The first-order valence-electron chi connectivity index (χ1n) is 8.71. The lowest BCUT2D eigenvalue weighted by molar-refractivity contribution is -0.138. The van der Waals surface area contributed by atoms with Crippen LogP contribution in [0.2, 0.25) is 0 Å². The molecule has 2 aromatic heterocycles. The Morgan fingerprint density at radius 1 is 1.24 bits per heavy atom. The van der Waals surface area contributed by atoms with Gasteiger partial charge in [0.15, 0.2) is 0 Å². The van der Waals surface area contributed by atoms with Crippen molar-refractivity contribution in [1.29, 1.82) is 0 Å². The molecule has 152 valence electrons. The Morgan fingerprint density at radius 3 is 2.76 bits per heavy atom. The lowest BCUT2D eigenvalue weighted by Crippen LogP contribution is -2.29. The standard InChI is InChI=1S/C19H19F2N5O3/c1-29-16(27)10-24-18-17(13-9-12(20)2-3-14(13)21)25-15-8-11(4-7-26(15)18)19(28)23-6-5-22/h2-4,7-9,24H,5-6,10,22H2,1H3,(H,23,28). The van der Waals surface area contributed by atoms with Crippen LogP contribution in [0.15, 0.2) is 36.5 Å². The molecule has 0 aliphatic carbocycles. The SMILES string of the molecule is COC(=O)CNc1c(-c2cc(F)ccc2F)nc2cc(C(=O)NCCN)ccn12. The number of carbonyl (C=O) groups is 2. The van der Waals surface area contributed by atoms with E-state index in [9.17, 15) is 18.4 Å². The van der Waals surface area contributed by atoms with Gasteiger partial charge in [-0.05, 0) is 30.3 Å². The van der Waals surface area contributed by atoms with Gasteiger partial charge in [0, 0.05) is 30.4 Å². The number of benzene rings is 1. The number of nitrogens with zero attached hydrogens (tertiary/aromatic N) is 2. The molecule has 1 amide bonds. The van der Waals surface area contributed by atoms with E-state index in [0.717, 1.165) is 18.2 Å². The molecular formula is C19H19F2N5O3. The number of fused-ring (bicyclic) bond motifs is 1. The van der Waals surface area contributed by atoms with Gasteiger partial charge < -0.3 is 21.1 Å². The highest BCUT2D eigenvalue weighted by atomic mass is 19.1. The quantitative estimate of drug-likeness (QED) is 0.517. The van der Waals surface area contributed by atoms with Gasteiger partial charge >= 0.3 is 5.97 Å². The molecule has 0 radical (unpaired) electrons. The van der Waals surface area contributed by atoms with Crippen LogP contribution in [0, 0.1) is 11.6 Å². The van der Waals surface area contributed by atoms with Crippen molar-refractivity contribution >= 4 is 23.3 Å². The number of amides is 1. The van der Waals surface area contributed by atoms with Crippen LogP contribution >= 0.6 is 0 Å². The molecule has 3 rings (SSSR count). The van der Waals surface area contributed by atoms with Crippen LogP contribution in [0.5, 0.6) is 0 Å². The van der Waals surface area contributed by atoms with Crippen molar-refractivity contribution in [2.45, 2.75) is 0 Å². The molecule has 0 aliphatic heterocycles. The largest absolute Gasteiger partial charge is 0.468 e. The molecule has 0 atom stereocenters. The molecule has 0 aliphatic rings. The highest BCUT2D eigenvalue weighted by Gasteiger charge is 2.20. The summed E-state index contributed by atoms with van der Waals surface area (Å²) in [5, 5.41) is 5.48. The summed E-state index contributed by atoms with van der Waals surface area (Å²) in [6.07, 6.45) is 1.54. The maximum Gasteiger partial charge on any atom is 0.325 e. The second kappa shape index (κ2) is 8.65. The first-order chi connectivity index (χ1) is 13.9. The van der Waals surface area contributed by atoms with Gasteiger partial charge in [-0.25, -0.2) is 13.8 Å². The number of anilines is 1. The highest BCUT2D eigenvalue weighted by Crippen LogP contribution is 2.31. The minimum atomic E-state index is -0.683. The first kappa shape index (κ1) is 20.2. The van der Waals surface area contributed by atoms with E-state index in [-0.39, 0.29) is 29.5 Å². The molecule has 0 bridgehead atoms. The van der Waals surface area contributed by atoms with E-state index in [2.05, 4.69) is 20.4 Å². The number of imidazole rings is 1. The van der Waals surface area contributed by atoms with Crippen molar-refractivity contribution in [3.05, 3.63) is 53.7 Å². The van der Waals surface area contributed by atoms with Crippen molar-refractivity contribution in [2.24, 2.45) is 5.73 Å². The van der Waals surface area contributed by atoms with Gasteiger partial charge in [0.1, 0.15) is 35.3 Å². The Labute approximate surface area is 164 Å². The van der Waals surface area contributed by atoms with Crippen LogP contribution in [-0.4, -0.2) is 48.0 Å². The van der Waals surface area contributed by atoms with Crippen molar-refractivity contribution < 1.29 is 23.1 Å². The van der Waals surface area contributed by atoms with Crippen LogP contribution in [0.4, 0.5) is 14.6 Å². The second-order valence-corrected chi connectivity index (χ2v) is 6.05. The van der Waals surface area contributed by atoms with Gasteiger partial charge in [0.2, 0.25) is 0 Å². The molecule has 0 spiro atoms. The number of methoxy groups -OCH3 is 1. The third-order valence-electron chi connectivity index (χ3n) is 4.13. The molecular weight excluding hydrogens is 384 g/mol. The summed E-state index contributed by atoms with van der Waals surface area (Å²) in [6, 6.07) is 6.03. The summed E-state index contributed by atoms with van der Waals surface area (Å²) in [5.41, 5.74) is 6.01. The van der Waals surface area contributed by atoms with Crippen molar-refractivity contribution in [3.63, 3.8) is 0 Å². The van der Waals surface area contributed by atoms with Gasteiger partial charge in [-0.3, -0.25) is 14.0 Å². The fraction of sp³-hybridized carbons (Fsp3) is 0.211. The average molecular weight is 403 g/mol.